The number of rotatable bonds is 7. The van der Waals surface area contributed by atoms with Gasteiger partial charge >= 0.3 is 11.9 Å². The average Bonchev–Trinajstić information content (AvgIpc) is 2.75. The lowest BCUT2D eigenvalue weighted by molar-refractivity contribution is -0.136. The van der Waals surface area contributed by atoms with Gasteiger partial charge in [0, 0.05) is 0 Å². The van der Waals surface area contributed by atoms with E-state index >= 15 is 0 Å². The summed E-state index contributed by atoms with van der Waals surface area (Å²) in [6.45, 7) is 5.92. The second-order valence-electron chi connectivity index (χ2n) is 7.05. The maximum Gasteiger partial charge on any atom is 0.349 e. The zero-order valence-electron chi connectivity index (χ0n) is 17.3. The van der Waals surface area contributed by atoms with Gasteiger partial charge < -0.3 is 14.2 Å². The lowest BCUT2D eigenvalue weighted by Crippen LogP contribution is -2.18. The second kappa shape index (κ2) is 9.74. The molecule has 3 rings (SSSR count). The van der Waals surface area contributed by atoms with Crippen LogP contribution in [-0.2, 0) is 16.1 Å². The van der Waals surface area contributed by atoms with Crippen molar-refractivity contribution in [2.24, 2.45) is 0 Å². The first-order valence-electron chi connectivity index (χ1n) is 9.65. The smallest absolute Gasteiger partial charge is 0.349 e. The van der Waals surface area contributed by atoms with Crippen molar-refractivity contribution in [3.8, 4) is 11.5 Å². The van der Waals surface area contributed by atoms with E-state index in [4.69, 9.17) is 14.2 Å². The summed E-state index contributed by atoms with van der Waals surface area (Å²) in [6, 6.07) is 19.6. The molecule has 0 aliphatic heterocycles. The van der Waals surface area contributed by atoms with E-state index in [0.717, 1.165) is 22.3 Å². The Morgan fingerprint density at radius 3 is 2.27 bits per heavy atom. The van der Waals surface area contributed by atoms with Crippen LogP contribution in [-0.4, -0.2) is 18.5 Å². The predicted octanol–water partition coefficient (Wildman–Crippen LogP) is 4.95. The van der Waals surface area contributed by atoms with Crippen molar-refractivity contribution in [1.82, 2.24) is 0 Å². The summed E-state index contributed by atoms with van der Waals surface area (Å²) in [5.74, 6) is 0.0413. The predicted molar refractivity (Wildman–Crippen MR) is 114 cm³/mol. The molecule has 0 radical (unpaired) electrons. The highest BCUT2D eigenvalue weighted by Crippen LogP contribution is 2.23. The van der Waals surface area contributed by atoms with E-state index in [0.29, 0.717) is 17.1 Å². The maximum atomic E-state index is 12.1. The van der Waals surface area contributed by atoms with Gasteiger partial charge in [0.1, 0.15) is 18.1 Å². The number of carbonyl (C=O) groups excluding carboxylic acids is 2. The van der Waals surface area contributed by atoms with Gasteiger partial charge in [-0.3, -0.25) is 0 Å². The third kappa shape index (κ3) is 5.70. The summed E-state index contributed by atoms with van der Waals surface area (Å²) in [5, 5.41) is 0. The Bertz CT molecular complexity index is 1020. The van der Waals surface area contributed by atoms with Crippen molar-refractivity contribution < 1.29 is 23.8 Å². The fourth-order valence-corrected chi connectivity index (χ4v) is 2.91. The number of aryl methyl sites for hydroxylation is 2. The highest BCUT2D eigenvalue weighted by atomic mass is 16.6. The van der Waals surface area contributed by atoms with Gasteiger partial charge in [0.25, 0.3) is 0 Å². The summed E-state index contributed by atoms with van der Waals surface area (Å²) in [4.78, 5) is 24.3. The highest BCUT2D eigenvalue weighted by Gasteiger charge is 2.11. The van der Waals surface area contributed by atoms with Crippen LogP contribution in [0.2, 0.25) is 0 Å². The lowest BCUT2D eigenvalue weighted by atomic mass is 10.1. The van der Waals surface area contributed by atoms with Crippen LogP contribution in [0.5, 0.6) is 11.5 Å². The van der Waals surface area contributed by atoms with Crippen LogP contribution in [0.3, 0.4) is 0 Å². The number of hydrogen-bond acceptors (Lipinski definition) is 5. The van der Waals surface area contributed by atoms with Crippen LogP contribution >= 0.6 is 0 Å². The van der Waals surface area contributed by atoms with E-state index in [2.05, 4.69) is 6.07 Å². The molecule has 0 spiro atoms. The summed E-state index contributed by atoms with van der Waals surface area (Å²) >= 11 is 0. The van der Waals surface area contributed by atoms with E-state index < -0.39 is 11.9 Å². The lowest BCUT2D eigenvalue weighted by Gasteiger charge is -2.12. The molecule has 0 amide bonds. The minimum atomic E-state index is -0.520. The number of esters is 2. The minimum Gasteiger partial charge on any atom is -0.482 e. The van der Waals surface area contributed by atoms with Gasteiger partial charge in [-0.15, -0.1) is 0 Å². The fraction of sp³-hybridized carbons (Fsp3) is 0.200. The van der Waals surface area contributed by atoms with Crippen LogP contribution in [0, 0.1) is 20.8 Å². The first-order valence-corrected chi connectivity index (χ1v) is 9.65. The number of ether oxygens (including phenoxy) is 3. The SMILES string of the molecule is Cc1cc(C)c(C)c(OCC(=O)Oc2ccc(C(=O)OCc3ccccc3)cc2)c1. The van der Waals surface area contributed by atoms with Gasteiger partial charge in [-0.05, 0) is 73.4 Å². The molecular weight excluding hydrogens is 380 g/mol. The first-order chi connectivity index (χ1) is 14.4. The van der Waals surface area contributed by atoms with Crippen molar-refractivity contribution in [1.29, 1.82) is 0 Å². The van der Waals surface area contributed by atoms with Crippen molar-refractivity contribution >= 4 is 11.9 Å². The number of benzene rings is 3. The molecule has 3 aromatic rings. The van der Waals surface area contributed by atoms with E-state index in [-0.39, 0.29) is 13.2 Å². The summed E-state index contributed by atoms with van der Waals surface area (Å²) in [7, 11) is 0. The van der Waals surface area contributed by atoms with Crippen molar-refractivity contribution in [3.63, 3.8) is 0 Å². The minimum absolute atomic E-state index is 0.200. The molecule has 154 valence electrons. The molecule has 0 unspecified atom stereocenters. The average molecular weight is 404 g/mol. The van der Waals surface area contributed by atoms with Crippen molar-refractivity contribution in [2.45, 2.75) is 27.4 Å². The molecule has 0 aliphatic rings. The highest BCUT2D eigenvalue weighted by molar-refractivity contribution is 5.89. The number of carbonyl (C=O) groups is 2. The van der Waals surface area contributed by atoms with E-state index in [9.17, 15) is 9.59 Å². The molecule has 0 fully saturated rings. The molecule has 0 saturated heterocycles. The zero-order valence-corrected chi connectivity index (χ0v) is 17.3. The molecule has 0 atom stereocenters. The Labute approximate surface area is 176 Å². The molecule has 0 N–H and O–H groups in total. The molecule has 30 heavy (non-hydrogen) atoms. The summed E-state index contributed by atoms with van der Waals surface area (Å²) < 4.78 is 16.2. The normalized spacial score (nSPS) is 10.4. The Morgan fingerprint density at radius 2 is 1.57 bits per heavy atom. The van der Waals surface area contributed by atoms with Gasteiger partial charge in [-0.2, -0.15) is 0 Å². The van der Waals surface area contributed by atoms with E-state index in [1.807, 2.05) is 57.2 Å². The molecule has 0 aliphatic carbocycles. The van der Waals surface area contributed by atoms with Gasteiger partial charge in [0.2, 0.25) is 0 Å². The number of hydrogen-bond donors (Lipinski definition) is 0. The summed E-state index contributed by atoms with van der Waals surface area (Å²) in [6.07, 6.45) is 0. The van der Waals surface area contributed by atoms with Crippen molar-refractivity contribution in [3.05, 3.63) is 94.5 Å². The topological polar surface area (TPSA) is 61.8 Å². The molecule has 5 heteroatoms. The largest absolute Gasteiger partial charge is 0.482 e. The molecular formula is C25H24O5. The van der Waals surface area contributed by atoms with Gasteiger partial charge in [0.05, 0.1) is 5.56 Å². The Kier molecular flexibility index (Phi) is 6.86. The quantitative estimate of drug-likeness (QED) is 0.412. The van der Waals surface area contributed by atoms with Crippen LogP contribution in [0.1, 0.15) is 32.6 Å². The Hall–Kier alpha value is -3.60. The molecule has 0 bridgehead atoms. The molecule has 0 saturated carbocycles. The molecule has 0 heterocycles. The fourth-order valence-electron chi connectivity index (χ4n) is 2.91. The molecule has 5 nitrogen and oxygen atoms in total. The third-order valence-electron chi connectivity index (χ3n) is 4.64. The first kappa shape index (κ1) is 21.1. The summed E-state index contributed by atoms with van der Waals surface area (Å²) in [5.41, 5.74) is 4.46. The van der Waals surface area contributed by atoms with Crippen molar-refractivity contribution in [2.75, 3.05) is 6.61 Å². The third-order valence-corrected chi connectivity index (χ3v) is 4.64. The Balaban J connectivity index is 1.51. The van der Waals surface area contributed by atoms with E-state index in [1.54, 1.807) is 24.3 Å². The van der Waals surface area contributed by atoms with Gasteiger partial charge in [-0.1, -0.05) is 36.4 Å². The van der Waals surface area contributed by atoms with Crippen LogP contribution in [0.25, 0.3) is 0 Å². The maximum absolute atomic E-state index is 12.1. The zero-order chi connectivity index (χ0) is 21.5. The van der Waals surface area contributed by atoms with Gasteiger partial charge in [-0.25, -0.2) is 9.59 Å². The molecule has 0 aromatic heterocycles. The van der Waals surface area contributed by atoms with Crippen LogP contribution in [0.15, 0.2) is 66.7 Å². The second-order valence-corrected chi connectivity index (χ2v) is 7.05. The Morgan fingerprint density at radius 1 is 0.867 bits per heavy atom. The molecule has 3 aromatic carbocycles. The van der Waals surface area contributed by atoms with Crippen LogP contribution in [0.4, 0.5) is 0 Å². The standard InChI is InChI=1S/C25H24O5/c1-17-13-18(2)19(3)23(14-17)28-16-24(26)30-22-11-9-21(10-12-22)25(27)29-15-20-7-5-4-6-8-20/h4-14H,15-16H2,1-3H3. The van der Waals surface area contributed by atoms with Gasteiger partial charge in [0.15, 0.2) is 6.61 Å². The monoisotopic (exact) mass is 404 g/mol. The van der Waals surface area contributed by atoms with E-state index in [1.165, 1.54) is 0 Å². The van der Waals surface area contributed by atoms with Crippen LogP contribution < -0.4 is 9.47 Å².